The van der Waals surface area contributed by atoms with Gasteiger partial charge >= 0.3 is 0 Å². The molecule has 2 heteroatoms. The molecule has 1 rings (SSSR count). The number of hydrogen-bond acceptors (Lipinski definition) is 2. The average Bonchev–Trinajstić information content (AvgIpc) is 2.17. The lowest BCUT2D eigenvalue weighted by atomic mass is 10.1. The van der Waals surface area contributed by atoms with E-state index in [9.17, 15) is 0 Å². The lowest BCUT2D eigenvalue weighted by Crippen LogP contribution is -2.23. The quantitative estimate of drug-likeness (QED) is 0.623. The molecule has 0 aromatic carbocycles. The van der Waals surface area contributed by atoms with Gasteiger partial charge in [-0.05, 0) is 25.3 Å². The number of ether oxygens (including phenoxy) is 1. The molecular formula is C8H17NO. The molecule has 0 amide bonds. The SMILES string of the molecule is COC[C@@H]1CCCCNC1. The molecule has 0 radical (unpaired) electrons. The third-order valence-corrected chi connectivity index (χ3v) is 2.05. The Morgan fingerprint density at radius 1 is 1.50 bits per heavy atom. The monoisotopic (exact) mass is 143 g/mol. The van der Waals surface area contributed by atoms with Crippen molar-refractivity contribution in [3.8, 4) is 0 Å². The van der Waals surface area contributed by atoms with E-state index in [4.69, 9.17) is 4.74 Å². The molecule has 1 fully saturated rings. The first-order valence-electron chi connectivity index (χ1n) is 4.13. The van der Waals surface area contributed by atoms with Crippen LogP contribution in [-0.2, 0) is 4.74 Å². The Bertz CT molecular complexity index is 77.3. The van der Waals surface area contributed by atoms with Gasteiger partial charge in [0, 0.05) is 13.7 Å². The molecule has 1 saturated heterocycles. The summed E-state index contributed by atoms with van der Waals surface area (Å²) < 4.78 is 5.10. The van der Waals surface area contributed by atoms with Crippen LogP contribution in [0.1, 0.15) is 19.3 Å². The van der Waals surface area contributed by atoms with Crippen molar-refractivity contribution in [3.05, 3.63) is 0 Å². The molecular weight excluding hydrogens is 126 g/mol. The van der Waals surface area contributed by atoms with Crippen molar-refractivity contribution in [1.82, 2.24) is 5.32 Å². The molecule has 1 aliphatic rings. The van der Waals surface area contributed by atoms with Crippen LogP contribution in [0, 0.1) is 5.92 Å². The molecule has 1 atom stereocenters. The highest BCUT2D eigenvalue weighted by Crippen LogP contribution is 2.10. The lowest BCUT2D eigenvalue weighted by Gasteiger charge is -2.11. The molecule has 0 bridgehead atoms. The van der Waals surface area contributed by atoms with Crippen LogP contribution in [0.4, 0.5) is 0 Å². The van der Waals surface area contributed by atoms with Crippen LogP contribution in [-0.4, -0.2) is 26.8 Å². The molecule has 0 aromatic heterocycles. The van der Waals surface area contributed by atoms with E-state index in [-0.39, 0.29) is 0 Å². The average molecular weight is 143 g/mol. The van der Waals surface area contributed by atoms with Crippen molar-refractivity contribution in [2.24, 2.45) is 5.92 Å². The van der Waals surface area contributed by atoms with Crippen LogP contribution in [0.15, 0.2) is 0 Å². The van der Waals surface area contributed by atoms with Crippen LogP contribution >= 0.6 is 0 Å². The van der Waals surface area contributed by atoms with Crippen LogP contribution < -0.4 is 5.32 Å². The first-order chi connectivity index (χ1) is 4.93. The predicted octanol–water partition coefficient (Wildman–Crippen LogP) is 1.02. The van der Waals surface area contributed by atoms with Gasteiger partial charge in [-0.3, -0.25) is 0 Å². The van der Waals surface area contributed by atoms with Gasteiger partial charge in [-0.15, -0.1) is 0 Å². The standard InChI is InChI=1S/C8H17NO/c1-10-7-8-4-2-3-5-9-6-8/h8-9H,2-7H2,1H3/t8-/m1/s1. The first-order valence-corrected chi connectivity index (χ1v) is 4.13. The van der Waals surface area contributed by atoms with Crippen LogP contribution in [0.5, 0.6) is 0 Å². The second-order valence-electron chi connectivity index (χ2n) is 3.02. The lowest BCUT2D eigenvalue weighted by molar-refractivity contribution is 0.149. The van der Waals surface area contributed by atoms with Gasteiger partial charge in [0.15, 0.2) is 0 Å². The van der Waals surface area contributed by atoms with E-state index in [1.165, 1.54) is 25.8 Å². The molecule has 1 aliphatic heterocycles. The van der Waals surface area contributed by atoms with Crippen molar-refractivity contribution in [1.29, 1.82) is 0 Å². The zero-order chi connectivity index (χ0) is 7.23. The summed E-state index contributed by atoms with van der Waals surface area (Å²) in [5, 5.41) is 3.40. The van der Waals surface area contributed by atoms with Crippen molar-refractivity contribution in [2.75, 3.05) is 26.8 Å². The smallest absolute Gasteiger partial charge is 0.0502 e. The Morgan fingerprint density at radius 3 is 3.20 bits per heavy atom. The maximum atomic E-state index is 5.10. The highest BCUT2D eigenvalue weighted by molar-refractivity contribution is 4.66. The number of methoxy groups -OCH3 is 1. The Labute approximate surface area is 63.0 Å². The van der Waals surface area contributed by atoms with Gasteiger partial charge in [0.25, 0.3) is 0 Å². The molecule has 0 unspecified atom stereocenters. The fourth-order valence-electron chi connectivity index (χ4n) is 1.47. The summed E-state index contributed by atoms with van der Waals surface area (Å²) in [6, 6.07) is 0. The summed E-state index contributed by atoms with van der Waals surface area (Å²) >= 11 is 0. The largest absolute Gasteiger partial charge is 0.384 e. The Balaban J connectivity index is 2.15. The zero-order valence-electron chi connectivity index (χ0n) is 6.73. The third-order valence-electron chi connectivity index (χ3n) is 2.05. The normalized spacial score (nSPS) is 27.9. The minimum Gasteiger partial charge on any atom is -0.384 e. The Hall–Kier alpha value is -0.0800. The zero-order valence-corrected chi connectivity index (χ0v) is 6.73. The summed E-state index contributed by atoms with van der Waals surface area (Å²) in [6.07, 6.45) is 4.03. The molecule has 0 aromatic rings. The van der Waals surface area contributed by atoms with Crippen molar-refractivity contribution < 1.29 is 4.74 Å². The van der Waals surface area contributed by atoms with Crippen molar-refractivity contribution in [2.45, 2.75) is 19.3 Å². The molecule has 10 heavy (non-hydrogen) atoms. The van der Waals surface area contributed by atoms with Gasteiger partial charge in [-0.1, -0.05) is 6.42 Å². The van der Waals surface area contributed by atoms with Crippen molar-refractivity contribution >= 4 is 0 Å². The van der Waals surface area contributed by atoms with Gasteiger partial charge in [0.2, 0.25) is 0 Å². The van der Waals surface area contributed by atoms with Gasteiger partial charge in [0.1, 0.15) is 0 Å². The van der Waals surface area contributed by atoms with E-state index in [1.54, 1.807) is 7.11 Å². The van der Waals surface area contributed by atoms with E-state index in [2.05, 4.69) is 5.32 Å². The molecule has 1 N–H and O–H groups in total. The highest BCUT2D eigenvalue weighted by Gasteiger charge is 2.10. The molecule has 60 valence electrons. The van der Waals surface area contributed by atoms with E-state index in [0.717, 1.165) is 19.1 Å². The first kappa shape index (κ1) is 8.02. The fraction of sp³-hybridized carbons (Fsp3) is 1.00. The predicted molar refractivity (Wildman–Crippen MR) is 42.1 cm³/mol. The number of rotatable bonds is 2. The summed E-state index contributed by atoms with van der Waals surface area (Å²) in [5.74, 6) is 0.757. The maximum absolute atomic E-state index is 5.10. The molecule has 2 nitrogen and oxygen atoms in total. The van der Waals surface area contributed by atoms with E-state index in [0.29, 0.717) is 0 Å². The van der Waals surface area contributed by atoms with Crippen molar-refractivity contribution in [3.63, 3.8) is 0 Å². The van der Waals surface area contributed by atoms with Crippen LogP contribution in [0.3, 0.4) is 0 Å². The minimum absolute atomic E-state index is 0.757. The topological polar surface area (TPSA) is 21.3 Å². The fourth-order valence-corrected chi connectivity index (χ4v) is 1.47. The van der Waals surface area contributed by atoms with Crippen LogP contribution in [0.2, 0.25) is 0 Å². The maximum Gasteiger partial charge on any atom is 0.0502 e. The number of hydrogen-bond donors (Lipinski definition) is 1. The van der Waals surface area contributed by atoms with Gasteiger partial charge in [0.05, 0.1) is 6.61 Å². The second-order valence-corrected chi connectivity index (χ2v) is 3.02. The Kier molecular flexibility index (Phi) is 3.76. The Morgan fingerprint density at radius 2 is 2.40 bits per heavy atom. The molecule has 0 spiro atoms. The van der Waals surface area contributed by atoms with E-state index < -0.39 is 0 Å². The van der Waals surface area contributed by atoms with Gasteiger partial charge in [-0.25, -0.2) is 0 Å². The summed E-state index contributed by atoms with van der Waals surface area (Å²) in [4.78, 5) is 0. The van der Waals surface area contributed by atoms with E-state index in [1.807, 2.05) is 0 Å². The van der Waals surface area contributed by atoms with E-state index >= 15 is 0 Å². The summed E-state index contributed by atoms with van der Waals surface area (Å²) in [6.45, 7) is 3.26. The second kappa shape index (κ2) is 4.69. The molecule has 0 saturated carbocycles. The third kappa shape index (κ3) is 2.67. The van der Waals surface area contributed by atoms with Gasteiger partial charge in [-0.2, -0.15) is 0 Å². The minimum atomic E-state index is 0.757. The number of nitrogens with one attached hydrogen (secondary N) is 1. The molecule has 0 aliphatic carbocycles. The molecule has 1 heterocycles. The summed E-state index contributed by atoms with van der Waals surface area (Å²) in [7, 11) is 1.78. The van der Waals surface area contributed by atoms with Crippen LogP contribution in [0.25, 0.3) is 0 Å². The van der Waals surface area contributed by atoms with Gasteiger partial charge < -0.3 is 10.1 Å². The highest BCUT2D eigenvalue weighted by atomic mass is 16.5. The summed E-state index contributed by atoms with van der Waals surface area (Å²) in [5.41, 5.74) is 0.